The Bertz CT molecular complexity index is 649. The molecule has 6 N–H and O–H groups in total. The van der Waals surface area contributed by atoms with E-state index in [-0.39, 0.29) is 18.8 Å². The molecule has 11 nitrogen and oxygen atoms in total. The molecule has 1 fully saturated rings. The number of carboxylic acids is 2. The first-order chi connectivity index (χ1) is 14.1. The Morgan fingerprint density at radius 3 is 2.20 bits per heavy atom. The van der Waals surface area contributed by atoms with Crippen LogP contribution in [-0.2, 0) is 24.0 Å². The van der Waals surface area contributed by atoms with Gasteiger partial charge in [0.15, 0.2) is 0 Å². The summed E-state index contributed by atoms with van der Waals surface area (Å²) in [7, 11) is 0. The van der Waals surface area contributed by atoms with Gasteiger partial charge in [0, 0.05) is 6.42 Å². The second kappa shape index (κ2) is 12.1. The maximum absolute atomic E-state index is 12.6. The molecule has 0 aromatic rings. The maximum atomic E-state index is 12.6. The highest BCUT2D eigenvalue weighted by Gasteiger charge is 2.31. The molecule has 11 heteroatoms. The van der Waals surface area contributed by atoms with Gasteiger partial charge >= 0.3 is 11.9 Å². The van der Waals surface area contributed by atoms with Crippen molar-refractivity contribution in [1.29, 1.82) is 0 Å². The number of carbonyl (C=O) groups is 5. The highest BCUT2D eigenvalue weighted by Crippen LogP contribution is 2.09. The van der Waals surface area contributed by atoms with Gasteiger partial charge in [-0.15, -0.1) is 0 Å². The van der Waals surface area contributed by atoms with Crippen molar-refractivity contribution < 1.29 is 34.2 Å². The van der Waals surface area contributed by atoms with Crippen LogP contribution in [0.2, 0.25) is 0 Å². The average molecular weight is 428 g/mol. The van der Waals surface area contributed by atoms with Gasteiger partial charge in [0.25, 0.3) is 0 Å². The van der Waals surface area contributed by atoms with Crippen molar-refractivity contribution >= 4 is 29.7 Å². The van der Waals surface area contributed by atoms with E-state index >= 15 is 0 Å². The minimum absolute atomic E-state index is 0.140. The van der Waals surface area contributed by atoms with Crippen LogP contribution < -0.4 is 21.3 Å². The molecule has 0 aromatic carbocycles. The lowest BCUT2D eigenvalue weighted by Gasteiger charge is -2.24. The molecule has 1 rings (SSSR count). The fourth-order valence-corrected chi connectivity index (χ4v) is 3.06. The minimum Gasteiger partial charge on any atom is -0.481 e. The first kappa shape index (κ1) is 25.3. The van der Waals surface area contributed by atoms with Crippen LogP contribution in [-0.4, -0.2) is 70.6 Å². The van der Waals surface area contributed by atoms with Crippen LogP contribution in [0.1, 0.15) is 52.9 Å². The molecule has 1 aliphatic heterocycles. The maximum Gasteiger partial charge on any atom is 0.326 e. The van der Waals surface area contributed by atoms with Gasteiger partial charge < -0.3 is 31.5 Å². The van der Waals surface area contributed by atoms with Crippen LogP contribution in [0.4, 0.5) is 0 Å². The van der Waals surface area contributed by atoms with E-state index < -0.39 is 53.8 Å². The predicted octanol–water partition coefficient (Wildman–Crippen LogP) is -0.792. The van der Waals surface area contributed by atoms with Crippen molar-refractivity contribution in [2.45, 2.75) is 77.0 Å². The Kier molecular flexibility index (Phi) is 10.2. The fraction of sp³-hybridized carbons (Fsp3) is 0.737. The van der Waals surface area contributed by atoms with Gasteiger partial charge in [-0.1, -0.05) is 20.3 Å². The first-order valence-electron chi connectivity index (χ1n) is 10.2. The Morgan fingerprint density at radius 1 is 1.03 bits per heavy atom. The Morgan fingerprint density at radius 2 is 1.70 bits per heavy atom. The largest absolute Gasteiger partial charge is 0.481 e. The molecule has 1 aliphatic rings. The Balaban J connectivity index is 2.74. The van der Waals surface area contributed by atoms with Crippen LogP contribution >= 0.6 is 0 Å². The summed E-state index contributed by atoms with van der Waals surface area (Å²) in [6.07, 6.45) is 1.49. The molecule has 0 spiro atoms. The summed E-state index contributed by atoms with van der Waals surface area (Å²) >= 11 is 0. The molecule has 1 saturated heterocycles. The van der Waals surface area contributed by atoms with Crippen molar-refractivity contribution in [2.24, 2.45) is 5.92 Å². The summed E-state index contributed by atoms with van der Waals surface area (Å²) in [5.74, 6) is -4.40. The zero-order chi connectivity index (χ0) is 22.8. The number of nitrogens with one attached hydrogen (secondary N) is 4. The standard InChI is InChI=1S/C19H32N4O7/c1-4-10(2)15(19(29)30)23-16(26)11(3)21-18(28)13(7-8-14(24)25)22-17(27)12-6-5-9-20-12/h10-13,15,20H,4-9H2,1-3H3,(H,21,28)(H,22,27)(H,23,26)(H,24,25)(H,29,30). The van der Waals surface area contributed by atoms with Crippen molar-refractivity contribution in [3.63, 3.8) is 0 Å². The zero-order valence-electron chi connectivity index (χ0n) is 17.6. The number of aliphatic carboxylic acids is 2. The molecule has 0 bridgehead atoms. The second-order valence-electron chi connectivity index (χ2n) is 7.58. The second-order valence-corrected chi connectivity index (χ2v) is 7.58. The summed E-state index contributed by atoms with van der Waals surface area (Å²) in [6, 6.07) is -3.75. The van der Waals surface area contributed by atoms with E-state index in [1.807, 2.05) is 0 Å². The third-order valence-electron chi connectivity index (χ3n) is 5.19. The highest BCUT2D eigenvalue weighted by atomic mass is 16.4. The Labute approximate surface area is 175 Å². The van der Waals surface area contributed by atoms with E-state index in [2.05, 4.69) is 21.3 Å². The summed E-state index contributed by atoms with van der Waals surface area (Å²) in [5.41, 5.74) is 0. The van der Waals surface area contributed by atoms with Crippen molar-refractivity contribution in [2.75, 3.05) is 6.54 Å². The van der Waals surface area contributed by atoms with Gasteiger partial charge in [0.2, 0.25) is 17.7 Å². The predicted molar refractivity (Wildman–Crippen MR) is 106 cm³/mol. The van der Waals surface area contributed by atoms with Crippen molar-refractivity contribution in [3.05, 3.63) is 0 Å². The Hall–Kier alpha value is -2.69. The third kappa shape index (κ3) is 7.97. The lowest BCUT2D eigenvalue weighted by atomic mass is 9.99. The smallest absolute Gasteiger partial charge is 0.326 e. The molecule has 1 heterocycles. The molecule has 0 saturated carbocycles. The van der Waals surface area contributed by atoms with Gasteiger partial charge in [0.1, 0.15) is 18.1 Å². The third-order valence-corrected chi connectivity index (χ3v) is 5.19. The van der Waals surface area contributed by atoms with Crippen LogP contribution in [0, 0.1) is 5.92 Å². The summed E-state index contributed by atoms with van der Waals surface area (Å²) in [4.78, 5) is 59.5. The summed E-state index contributed by atoms with van der Waals surface area (Å²) in [5, 5.41) is 28.6. The van der Waals surface area contributed by atoms with E-state index in [0.29, 0.717) is 19.4 Å². The van der Waals surface area contributed by atoms with Gasteiger partial charge in [-0.3, -0.25) is 19.2 Å². The van der Waals surface area contributed by atoms with E-state index in [1.165, 1.54) is 6.92 Å². The lowest BCUT2D eigenvalue weighted by molar-refractivity contribution is -0.143. The normalized spacial score (nSPS) is 19.8. The van der Waals surface area contributed by atoms with Gasteiger partial charge in [-0.2, -0.15) is 0 Å². The number of amides is 3. The zero-order valence-corrected chi connectivity index (χ0v) is 17.6. The molecule has 0 radical (unpaired) electrons. The highest BCUT2D eigenvalue weighted by molar-refractivity contribution is 5.94. The van der Waals surface area contributed by atoms with Gasteiger partial charge in [0.05, 0.1) is 6.04 Å². The lowest BCUT2D eigenvalue weighted by Crippen LogP contribution is -2.56. The number of carbonyl (C=O) groups excluding carboxylic acids is 3. The molecule has 3 amide bonds. The van der Waals surface area contributed by atoms with E-state index in [9.17, 15) is 29.1 Å². The fourth-order valence-electron chi connectivity index (χ4n) is 3.06. The van der Waals surface area contributed by atoms with Gasteiger partial charge in [-0.25, -0.2) is 4.79 Å². The molecule has 0 aliphatic carbocycles. The number of rotatable bonds is 12. The monoisotopic (exact) mass is 428 g/mol. The van der Waals surface area contributed by atoms with Crippen LogP contribution in [0.3, 0.4) is 0 Å². The topological polar surface area (TPSA) is 174 Å². The van der Waals surface area contributed by atoms with E-state index in [0.717, 1.165) is 6.42 Å². The van der Waals surface area contributed by atoms with E-state index in [4.69, 9.17) is 5.11 Å². The summed E-state index contributed by atoms with van der Waals surface area (Å²) in [6.45, 7) is 5.56. The van der Waals surface area contributed by atoms with Crippen LogP contribution in [0.25, 0.3) is 0 Å². The molecule has 0 aromatic heterocycles. The van der Waals surface area contributed by atoms with E-state index in [1.54, 1.807) is 13.8 Å². The molecular weight excluding hydrogens is 396 g/mol. The van der Waals surface area contributed by atoms with Crippen LogP contribution in [0.5, 0.6) is 0 Å². The number of carboxylic acid groups (broad SMARTS) is 2. The first-order valence-corrected chi connectivity index (χ1v) is 10.2. The average Bonchev–Trinajstić information content (AvgIpc) is 3.22. The molecule has 30 heavy (non-hydrogen) atoms. The number of hydrogen-bond donors (Lipinski definition) is 6. The van der Waals surface area contributed by atoms with Crippen molar-refractivity contribution in [1.82, 2.24) is 21.3 Å². The van der Waals surface area contributed by atoms with Gasteiger partial charge in [-0.05, 0) is 38.6 Å². The van der Waals surface area contributed by atoms with Crippen LogP contribution in [0.15, 0.2) is 0 Å². The number of hydrogen-bond acceptors (Lipinski definition) is 6. The SMILES string of the molecule is CCC(C)C(NC(=O)C(C)NC(=O)C(CCC(=O)O)NC(=O)C1CCCN1)C(=O)O. The minimum atomic E-state index is -1.17. The quantitative estimate of drug-likeness (QED) is 0.234. The molecule has 5 atom stereocenters. The molecular formula is C19H32N4O7. The molecule has 5 unspecified atom stereocenters. The summed E-state index contributed by atoms with van der Waals surface area (Å²) < 4.78 is 0. The molecule has 170 valence electrons. The van der Waals surface area contributed by atoms with Crippen molar-refractivity contribution in [3.8, 4) is 0 Å².